The van der Waals surface area contributed by atoms with Crippen LogP contribution in [0.15, 0.2) is 71.8 Å². The maximum absolute atomic E-state index is 6.71. The minimum Gasteiger partial charge on any atom is -0.493 e. The van der Waals surface area contributed by atoms with Gasteiger partial charge in [0, 0.05) is 23.1 Å². The zero-order valence-electron chi connectivity index (χ0n) is 17.6. The maximum Gasteiger partial charge on any atom is 0.161 e. The molecular weight excluding hydrogens is 429 g/mol. The third-order valence-corrected chi connectivity index (χ3v) is 6.08. The molecule has 1 atom stereocenters. The Morgan fingerprint density at radius 3 is 2.45 bits per heavy atom. The van der Waals surface area contributed by atoms with E-state index in [1.54, 1.807) is 14.2 Å². The van der Waals surface area contributed by atoms with Gasteiger partial charge in [-0.2, -0.15) is 0 Å². The lowest BCUT2D eigenvalue weighted by Gasteiger charge is -2.38. The third-order valence-electron chi connectivity index (χ3n) is 5.61. The maximum atomic E-state index is 6.71. The van der Waals surface area contributed by atoms with Gasteiger partial charge in [0.1, 0.15) is 0 Å². The van der Waals surface area contributed by atoms with Gasteiger partial charge in [0.15, 0.2) is 11.5 Å². The Morgan fingerprint density at radius 2 is 1.74 bits per heavy atom. The van der Waals surface area contributed by atoms with Crippen molar-refractivity contribution >= 4 is 29.3 Å². The first-order valence-electron chi connectivity index (χ1n) is 10.2. The number of benzene rings is 3. The van der Waals surface area contributed by atoms with Gasteiger partial charge < -0.3 is 9.47 Å². The topological polar surface area (TPSA) is 21.7 Å². The molecule has 5 heteroatoms. The van der Waals surface area contributed by atoms with Gasteiger partial charge >= 0.3 is 0 Å². The molecule has 3 nitrogen and oxygen atoms in total. The highest BCUT2D eigenvalue weighted by Crippen LogP contribution is 2.41. The van der Waals surface area contributed by atoms with E-state index in [1.807, 2.05) is 42.5 Å². The molecule has 0 saturated heterocycles. The molecular formula is C26H25Cl2NO2. The standard InChI is InChI=1S/C26H25Cl2NO2/c1-30-24-15-19-11-12-29(17-22(28)13-18-7-4-3-5-8-18)26(23(19)16-25(24)31-2)20-9-6-10-21(27)14-20/h3-10,13-16,26H,11-12,17H2,1-2H3/b22-13-/t26-/m0/s1. The van der Waals surface area contributed by atoms with E-state index in [0.29, 0.717) is 6.54 Å². The number of halogens is 2. The summed E-state index contributed by atoms with van der Waals surface area (Å²) < 4.78 is 11.1. The number of nitrogens with zero attached hydrogens (tertiary/aromatic N) is 1. The number of hydrogen-bond donors (Lipinski definition) is 0. The summed E-state index contributed by atoms with van der Waals surface area (Å²) in [5, 5.41) is 1.51. The minimum atomic E-state index is 0.0141. The molecule has 1 aliphatic rings. The molecule has 0 spiro atoms. The second-order valence-corrected chi connectivity index (χ2v) is 8.51. The van der Waals surface area contributed by atoms with Crippen molar-refractivity contribution in [3.63, 3.8) is 0 Å². The average molecular weight is 454 g/mol. The molecule has 0 aromatic heterocycles. The van der Waals surface area contributed by atoms with Gasteiger partial charge in [0.2, 0.25) is 0 Å². The van der Waals surface area contributed by atoms with Crippen LogP contribution < -0.4 is 9.47 Å². The molecule has 0 saturated carbocycles. The second kappa shape index (κ2) is 9.78. The highest BCUT2D eigenvalue weighted by Gasteiger charge is 2.30. The number of ether oxygens (including phenoxy) is 2. The summed E-state index contributed by atoms with van der Waals surface area (Å²) in [5.74, 6) is 1.47. The second-order valence-electron chi connectivity index (χ2n) is 7.59. The molecule has 0 amide bonds. The first-order valence-corrected chi connectivity index (χ1v) is 11.0. The van der Waals surface area contributed by atoms with Gasteiger partial charge in [0.05, 0.1) is 20.3 Å². The number of rotatable bonds is 6. The lowest BCUT2D eigenvalue weighted by Crippen LogP contribution is -2.37. The quantitative estimate of drug-likeness (QED) is 0.420. The van der Waals surface area contributed by atoms with Crippen LogP contribution in [0.5, 0.6) is 11.5 Å². The third kappa shape index (κ3) is 4.90. The van der Waals surface area contributed by atoms with Crippen molar-refractivity contribution in [3.05, 3.63) is 99.0 Å². The van der Waals surface area contributed by atoms with E-state index < -0.39 is 0 Å². The van der Waals surface area contributed by atoms with E-state index in [0.717, 1.165) is 45.6 Å². The van der Waals surface area contributed by atoms with Crippen LogP contribution in [0.4, 0.5) is 0 Å². The predicted octanol–water partition coefficient (Wildman–Crippen LogP) is 6.58. The summed E-state index contributed by atoms with van der Waals surface area (Å²) in [5.41, 5.74) is 4.66. The fraction of sp³-hybridized carbons (Fsp3) is 0.231. The Morgan fingerprint density at radius 1 is 1.00 bits per heavy atom. The minimum absolute atomic E-state index is 0.0141. The van der Waals surface area contributed by atoms with Crippen LogP contribution in [0.25, 0.3) is 6.08 Å². The van der Waals surface area contributed by atoms with Gasteiger partial charge in [0.25, 0.3) is 0 Å². The molecule has 0 N–H and O–H groups in total. The van der Waals surface area contributed by atoms with Crippen molar-refractivity contribution in [2.75, 3.05) is 27.3 Å². The van der Waals surface area contributed by atoms with Crippen molar-refractivity contribution in [3.8, 4) is 11.5 Å². The summed E-state index contributed by atoms with van der Waals surface area (Å²) in [6.45, 7) is 1.51. The Hall–Kier alpha value is -2.46. The molecule has 0 fully saturated rings. The van der Waals surface area contributed by atoms with E-state index in [4.69, 9.17) is 32.7 Å². The Labute approximate surface area is 193 Å². The van der Waals surface area contributed by atoms with Crippen molar-refractivity contribution in [2.45, 2.75) is 12.5 Å². The number of methoxy groups -OCH3 is 2. The van der Waals surface area contributed by atoms with Crippen LogP contribution >= 0.6 is 23.2 Å². The van der Waals surface area contributed by atoms with Gasteiger partial charge in [-0.25, -0.2) is 0 Å². The predicted molar refractivity (Wildman–Crippen MR) is 128 cm³/mol. The van der Waals surface area contributed by atoms with Gasteiger partial charge in [-0.3, -0.25) is 4.90 Å². The lowest BCUT2D eigenvalue weighted by atomic mass is 9.87. The molecule has 3 aromatic rings. The zero-order chi connectivity index (χ0) is 21.8. The SMILES string of the molecule is COc1cc2c(cc1OC)[C@H](c1cccc(Cl)c1)N(C/C(Cl)=C/c1ccccc1)CC2. The molecule has 4 rings (SSSR count). The molecule has 0 aliphatic carbocycles. The van der Waals surface area contributed by atoms with Crippen LogP contribution in [0.2, 0.25) is 5.02 Å². The Balaban J connectivity index is 1.74. The normalized spacial score (nSPS) is 16.6. The van der Waals surface area contributed by atoms with E-state index in [9.17, 15) is 0 Å². The van der Waals surface area contributed by atoms with E-state index in [-0.39, 0.29) is 6.04 Å². The summed E-state index contributed by atoms with van der Waals surface area (Å²) in [6.07, 6.45) is 2.93. The molecule has 160 valence electrons. The molecule has 31 heavy (non-hydrogen) atoms. The summed E-state index contributed by atoms with van der Waals surface area (Å²) in [4.78, 5) is 2.39. The van der Waals surface area contributed by atoms with Gasteiger partial charge in [-0.15, -0.1) is 0 Å². The molecule has 1 aliphatic heterocycles. The van der Waals surface area contributed by atoms with E-state index >= 15 is 0 Å². The molecule has 3 aromatic carbocycles. The van der Waals surface area contributed by atoms with Crippen molar-refractivity contribution < 1.29 is 9.47 Å². The van der Waals surface area contributed by atoms with Crippen LogP contribution in [-0.4, -0.2) is 32.2 Å². The lowest BCUT2D eigenvalue weighted by molar-refractivity contribution is 0.234. The van der Waals surface area contributed by atoms with Crippen molar-refractivity contribution in [1.29, 1.82) is 0 Å². The average Bonchev–Trinajstić information content (AvgIpc) is 2.78. The summed E-state index contributed by atoms with van der Waals surface area (Å²) >= 11 is 13.1. The fourth-order valence-electron chi connectivity index (χ4n) is 4.20. The molecule has 1 heterocycles. The van der Waals surface area contributed by atoms with Crippen LogP contribution in [0.1, 0.15) is 28.3 Å². The smallest absolute Gasteiger partial charge is 0.161 e. The monoisotopic (exact) mass is 453 g/mol. The number of hydrogen-bond acceptors (Lipinski definition) is 3. The van der Waals surface area contributed by atoms with Crippen LogP contribution in [0, 0.1) is 0 Å². The highest BCUT2D eigenvalue weighted by atomic mass is 35.5. The van der Waals surface area contributed by atoms with Gasteiger partial charge in [-0.05, 0) is 59.0 Å². The van der Waals surface area contributed by atoms with E-state index in [2.05, 4.69) is 35.2 Å². The number of fused-ring (bicyclic) bond motifs is 1. The zero-order valence-corrected chi connectivity index (χ0v) is 19.2. The van der Waals surface area contributed by atoms with Crippen LogP contribution in [-0.2, 0) is 6.42 Å². The molecule has 0 radical (unpaired) electrons. The van der Waals surface area contributed by atoms with Crippen LogP contribution in [0.3, 0.4) is 0 Å². The highest BCUT2D eigenvalue weighted by molar-refractivity contribution is 6.31. The largest absolute Gasteiger partial charge is 0.493 e. The first-order chi connectivity index (χ1) is 15.1. The summed E-state index contributed by atoms with van der Waals surface area (Å²) in [6, 6.07) is 22.4. The Kier molecular flexibility index (Phi) is 6.86. The molecule has 0 bridgehead atoms. The van der Waals surface area contributed by atoms with Crippen molar-refractivity contribution in [2.24, 2.45) is 0 Å². The first kappa shape index (κ1) is 21.8. The molecule has 0 unspecified atom stereocenters. The summed E-state index contributed by atoms with van der Waals surface area (Å²) in [7, 11) is 3.33. The van der Waals surface area contributed by atoms with Crippen molar-refractivity contribution in [1.82, 2.24) is 4.90 Å². The Bertz CT molecular complexity index is 1080. The fourth-order valence-corrected chi connectivity index (χ4v) is 4.68. The van der Waals surface area contributed by atoms with Gasteiger partial charge in [-0.1, -0.05) is 65.7 Å². The van der Waals surface area contributed by atoms with E-state index in [1.165, 1.54) is 11.1 Å².